The highest BCUT2D eigenvalue weighted by Gasteiger charge is 2.45. The van der Waals surface area contributed by atoms with Crippen molar-refractivity contribution in [1.29, 1.82) is 0 Å². The lowest BCUT2D eigenvalue weighted by atomic mass is 9.83. The number of thioether (sulfide) groups is 2. The van der Waals surface area contributed by atoms with Gasteiger partial charge in [0, 0.05) is 11.1 Å². The van der Waals surface area contributed by atoms with E-state index < -0.39 is 17.5 Å². The van der Waals surface area contributed by atoms with Gasteiger partial charge in [0.25, 0.3) is 0 Å². The molecule has 0 spiro atoms. The van der Waals surface area contributed by atoms with Crippen LogP contribution in [0.5, 0.6) is 0 Å². The largest absolute Gasteiger partial charge is 0.465 e. The highest BCUT2D eigenvalue weighted by Crippen LogP contribution is 2.56. The second-order valence-electron chi connectivity index (χ2n) is 8.45. The number of nitrogens with zero attached hydrogens (tertiary/aromatic N) is 1. The van der Waals surface area contributed by atoms with Crippen molar-refractivity contribution >= 4 is 69.7 Å². The number of methoxy groups -OCH3 is 2. The van der Waals surface area contributed by atoms with Gasteiger partial charge in [-0.1, -0.05) is 66.1 Å². The summed E-state index contributed by atoms with van der Waals surface area (Å²) in [5.41, 5.74) is 1.80. The van der Waals surface area contributed by atoms with E-state index >= 15 is 0 Å². The van der Waals surface area contributed by atoms with E-state index in [0.717, 1.165) is 23.5 Å². The van der Waals surface area contributed by atoms with Gasteiger partial charge < -0.3 is 14.4 Å². The van der Waals surface area contributed by atoms with Crippen LogP contribution in [0.15, 0.2) is 62.6 Å². The quantitative estimate of drug-likeness (QED) is 0.293. The Hall–Kier alpha value is -2.95. The molecule has 1 amide bonds. The number of amides is 1. The van der Waals surface area contributed by atoms with Crippen molar-refractivity contribution in [2.75, 3.05) is 19.1 Å². The molecule has 0 fully saturated rings. The van der Waals surface area contributed by atoms with Gasteiger partial charge in [-0.3, -0.25) is 4.79 Å². The fraction of sp³-hybridized carbons (Fsp3) is 0.231. The van der Waals surface area contributed by atoms with Crippen molar-refractivity contribution in [2.45, 2.75) is 25.8 Å². The van der Waals surface area contributed by atoms with Gasteiger partial charge in [-0.2, -0.15) is 0 Å². The molecule has 0 aromatic heterocycles. The van der Waals surface area contributed by atoms with Gasteiger partial charge >= 0.3 is 11.9 Å². The van der Waals surface area contributed by atoms with Crippen LogP contribution in [-0.4, -0.2) is 42.5 Å². The monoisotopic (exact) mass is 543 g/mol. The summed E-state index contributed by atoms with van der Waals surface area (Å²) in [7, 11) is 2.49. The maximum Gasteiger partial charge on any atom is 0.346 e. The molecule has 2 aliphatic rings. The van der Waals surface area contributed by atoms with Crippen molar-refractivity contribution in [3.8, 4) is 0 Å². The fourth-order valence-corrected chi connectivity index (χ4v) is 7.10. The second kappa shape index (κ2) is 10.2. The van der Waals surface area contributed by atoms with E-state index in [0.29, 0.717) is 31.5 Å². The second-order valence-corrected chi connectivity index (χ2v) is 11.2. The molecule has 0 saturated heterocycles. The van der Waals surface area contributed by atoms with Crippen LogP contribution in [0.2, 0.25) is 0 Å². The number of ether oxygens (including phenoxy) is 2. The molecule has 2 aromatic carbocycles. The molecule has 2 heterocycles. The summed E-state index contributed by atoms with van der Waals surface area (Å²) in [5, 5.41) is 0. The summed E-state index contributed by atoms with van der Waals surface area (Å²) in [5.74, 6) is -1.85. The molecular formula is C26H22FNO5S3. The molecule has 6 nitrogen and oxygen atoms in total. The minimum absolute atomic E-state index is 0.0661. The number of thiocarbonyl (C=S) groups is 1. The Labute approximate surface area is 221 Å². The Morgan fingerprint density at radius 3 is 2.06 bits per heavy atom. The van der Waals surface area contributed by atoms with Gasteiger partial charge in [0.15, 0.2) is 0 Å². The lowest BCUT2D eigenvalue weighted by Gasteiger charge is -2.45. The number of carbonyl (C=O) groups is 3. The van der Waals surface area contributed by atoms with E-state index in [2.05, 4.69) is 0 Å². The summed E-state index contributed by atoms with van der Waals surface area (Å²) in [6.45, 7) is 3.71. The number of halogens is 1. The number of carbonyl (C=O) groups excluding carboxylic acids is 3. The van der Waals surface area contributed by atoms with Crippen molar-refractivity contribution < 1.29 is 28.2 Å². The molecule has 0 atom stereocenters. The summed E-state index contributed by atoms with van der Waals surface area (Å²) >= 11 is 8.15. The minimum Gasteiger partial charge on any atom is -0.465 e. The standard InChI is InChI=1S/C26H22FNO5S3/c1-26(2)22(34)19(25-35-20(23(30)32-3)21(36-25)24(31)33-4)16-7-5-6-8-17(16)28(26)18(29)13-14-9-11-15(27)12-10-14/h5-12H,13H2,1-4H3. The summed E-state index contributed by atoms with van der Waals surface area (Å²) in [6, 6.07) is 13.2. The number of hydrogen-bond donors (Lipinski definition) is 0. The van der Waals surface area contributed by atoms with Gasteiger partial charge in [-0.05, 0) is 37.6 Å². The number of hydrogen-bond acceptors (Lipinski definition) is 8. The molecule has 10 heteroatoms. The van der Waals surface area contributed by atoms with Gasteiger partial charge in [0.05, 0.1) is 41.0 Å². The predicted octanol–water partition coefficient (Wildman–Crippen LogP) is 5.27. The van der Waals surface area contributed by atoms with E-state index in [-0.39, 0.29) is 28.0 Å². The zero-order valence-corrected chi connectivity index (χ0v) is 22.4. The third-order valence-corrected chi connectivity index (χ3v) is 9.08. The van der Waals surface area contributed by atoms with E-state index in [1.807, 2.05) is 38.1 Å². The lowest BCUT2D eigenvalue weighted by Crippen LogP contribution is -2.56. The van der Waals surface area contributed by atoms with Crippen molar-refractivity contribution in [1.82, 2.24) is 0 Å². The van der Waals surface area contributed by atoms with E-state index in [1.54, 1.807) is 17.0 Å². The molecule has 2 aliphatic heterocycles. The van der Waals surface area contributed by atoms with Crippen molar-refractivity contribution in [2.24, 2.45) is 0 Å². The van der Waals surface area contributed by atoms with Gasteiger partial charge in [-0.15, -0.1) is 0 Å². The van der Waals surface area contributed by atoms with Crippen molar-refractivity contribution in [3.05, 3.63) is 79.5 Å². The number of benzene rings is 2. The molecule has 0 saturated carbocycles. The topological polar surface area (TPSA) is 72.9 Å². The first-order valence-electron chi connectivity index (χ1n) is 10.8. The average Bonchev–Trinajstić information content (AvgIpc) is 3.30. The van der Waals surface area contributed by atoms with Crippen LogP contribution in [0.4, 0.5) is 10.1 Å². The first kappa shape index (κ1) is 26.1. The first-order chi connectivity index (χ1) is 17.1. The molecular weight excluding hydrogens is 521 g/mol. The van der Waals surface area contributed by atoms with Crippen LogP contribution >= 0.6 is 35.7 Å². The summed E-state index contributed by atoms with van der Waals surface area (Å²) in [6.07, 6.45) is 0.0661. The first-order valence-corrected chi connectivity index (χ1v) is 12.9. The Balaban J connectivity index is 1.80. The van der Waals surface area contributed by atoms with Gasteiger partial charge in [-0.25, -0.2) is 14.0 Å². The van der Waals surface area contributed by atoms with Gasteiger partial charge in [0.1, 0.15) is 15.6 Å². The molecule has 0 radical (unpaired) electrons. The number of esters is 2. The lowest BCUT2D eigenvalue weighted by molar-refractivity contribution is -0.138. The van der Waals surface area contributed by atoms with E-state index in [4.69, 9.17) is 21.7 Å². The molecule has 2 aromatic rings. The maximum atomic E-state index is 13.6. The Bertz CT molecular complexity index is 1320. The maximum absolute atomic E-state index is 13.6. The number of para-hydroxylation sites is 1. The van der Waals surface area contributed by atoms with Crippen LogP contribution in [0, 0.1) is 5.82 Å². The highest BCUT2D eigenvalue weighted by molar-refractivity contribution is 8.29. The predicted molar refractivity (Wildman–Crippen MR) is 144 cm³/mol. The Kier molecular flexibility index (Phi) is 7.40. The zero-order chi connectivity index (χ0) is 26.2. The van der Waals surface area contributed by atoms with Crippen LogP contribution < -0.4 is 4.90 Å². The van der Waals surface area contributed by atoms with E-state index in [1.165, 1.54) is 26.4 Å². The number of anilines is 1. The smallest absolute Gasteiger partial charge is 0.346 e. The highest BCUT2D eigenvalue weighted by atomic mass is 32.2. The molecule has 4 rings (SSSR count). The van der Waals surface area contributed by atoms with E-state index in [9.17, 15) is 18.8 Å². The molecule has 186 valence electrons. The summed E-state index contributed by atoms with van der Waals surface area (Å²) < 4.78 is 23.7. The molecule has 0 aliphatic carbocycles. The van der Waals surface area contributed by atoms with Crippen LogP contribution in [0.25, 0.3) is 5.57 Å². The Morgan fingerprint density at radius 2 is 1.50 bits per heavy atom. The Morgan fingerprint density at radius 1 is 0.944 bits per heavy atom. The third-order valence-electron chi connectivity index (χ3n) is 5.82. The third kappa shape index (κ3) is 4.60. The minimum atomic E-state index is -0.913. The SMILES string of the molecule is COC(=O)C1=C(C(=O)OC)SC(=C2C(=S)C(C)(C)N(C(=O)Cc3ccc(F)cc3)c3ccccc32)S1. The normalized spacial score (nSPS) is 16.7. The average molecular weight is 544 g/mol. The van der Waals surface area contributed by atoms with Crippen LogP contribution in [-0.2, 0) is 30.3 Å². The number of rotatable bonds is 4. The van der Waals surface area contributed by atoms with Crippen LogP contribution in [0.1, 0.15) is 25.0 Å². The zero-order valence-electron chi connectivity index (χ0n) is 19.9. The molecule has 0 unspecified atom stereocenters. The summed E-state index contributed by atoms with van der Waals surface area (Å²) in [4.78, 5) is 40.8. The number of fused-ring (bicyclic) bond motifs is 1. The van der Waals surface area contributed by atoms with Gasteiger partial charge in [0.2, 0.25) is 5.91 Å². The van der Waals surface area contributed by atoms with Crippen molar-refractivity contribution in [3.63, 3.8) is 0 Å². The molecule has 0 bridgehead atoms. The fourth-order valence-electron chi connectivity index (χ4n) is 4.07. The molecule has 0 N–H and O–H groups in total. The molecule has 36 heavy (non-hydrogen) atoms. The van der Waals surface area contributed by atoms with Crippen LogP contribution in [0.3, 0.4) is 0 Å².